The fourth-order valence-electron chi connectivity index (χ4n) is 7.76. The second-order valence-electron chi connectivity index (χ2n) is 13.3. The maximum Gasteiger partial charge on any atom is 0.135 e. The minimum Gasteiger partial charge on any atom is -0.460 e. The van der Waals surface area contributed by atoms with E-state index in [1.54, 1.807) is 0 Å². The lowest BCUT2D eigenvalue weighted by Gasteiger charge is -2.27. The molecule has 2 heterocycles. The van der Waals surface area contributed by atoms with Crippen molar-refractivity contribution in [2.45, 2.75) is 12.3 Å². The number of nitrogens with zero attached hydrogens (tertiary/aromatic N) is 1. The van der Waals surface area contributed by atoms with Crippen LogP contribution in [0.4, 0.5) is 17.1 Å². The highest BCUT2D eigenvalue weighted by atomic mass is 32.1. The first-order valence-corrected chi connectivity index (χ1v) is 18.3. The van der Waals surface area contributed by atoms with Gasteiger partial charge in [0.05, 0.1) is 5.69 Å². The summed E-state index contributed by atoms with van der Waals surface area (Å²) in [7, 11) is 0. The second kappa shape index (κ2) is 12.3. The highest BCUT2D eigenvalue weighted by Gasteiger charge is 2.25. The van der Waals surface area contributed by atoms with E-state index in [1.165, 1.54) is 53.6 Å². The van der Waals surface area contributed by atoms with E-state index in [-0.39, 0.29) is 0 Å². The largest absolute Gasteiger partial charge is 0.460 e. The molecule has 0 fully saturated rings. The van der Waals surface area contributed by atoms with Crippen molar-refractivity contribution in [3.05, 3.63) is 193 Å². The number of rotatable bonds is 6. The molecule has 7 aromatic carbocycles. The predicted molar refractivity (Wildman–Crippen MR) is 217 cm³/mol. The normalized spacial score (nSPS) is 13.9. The number of anilines is 3. The second-order valence-corrected chi connectivity index (χ2v) is 14.3. The summed E-state index contributed by atoms with van der Waals surface area (Å²) in [6.45, 7) is 0. The van der Waals surface area contributed by atoms with E-state index in [0.717, 1.165) is 40.2 Å². The molecule has 0 saturated carbocycles. The van der Waals surface area contributed by atoms with Crippen molar-refractivity contribution in [3.8, 4) is 22.3 Å². The van der Waals surface area contributed by atoms with Crippen molar-refractivity contribution in [3.63, 3.8) is 0 Å². The van der Waals surface area contributed by atoms with E-state index in [4.69, 9.17) is 4.42 Å². The standard InChI is InChI=1S/C48H33NOS/c1-4-13-32(14-5-1)35-19-12-20-37(29-35)49(38-24-28-44-42(31-38)40-25-23-36(30-45(40)50-44)33-15-6-2-7-16-33)43-27-26-39(34-17-8-3-9-18-34)48-47(43)41-21-10-11-22-46(41)51-48/h1-29,31,36H,30H2. The maximum atomic E-state index is 6.58. The first kappa shape index (κ1) is 29.7. The zero-order valence-corrected chi connectivity index (χ0v) is 28.7. The molecule has 1 aliphatic carbocycles. The highest BCUT2D eigenvalue weighted by molar-refractivity contribution is 7.26. The van der Waals surface area contributed by atoms with Crippen LogP contribution >= 0.6 is 11.3 Å². The van der Waals surface area contributed by atoms with Gasteiger partial charge >= 0.3 is 0 Å². The molecule has 1 atom stereocenters. The van der Waals surface area contributed by atoms with Gasteiger partial charge in [0.25, 0.3) is 0 Å². The Labute approximate surface area is 301 Å². The molecule has 0 bridgehead atoms. The van der Waals surface area contributed by atoms with Crippen LogP contribution in [-0.2, 0) is 6.42 Å². The molecule has 0 amide bonds. The van der Waals surface area contributed by atoms with Gasteiger partial charge in [-0.05, 0) is 70.3 Å². The van der Waals surface area contributed by atoms with Crippen LogP contribution in [0.25, 0.3) is 59.5 Å². The van der Waals surface area contributed by atoms with Gasteiger partial charge in [-0.2, -0.15) is 0 Å². The van der Waals surface area contributed by atoms with E-state index in [2.05, 4.69) is 187 Å². The van der Waals surface area contributed by atoms with Crippen LogP contribution in [-0.4, -0.2) is 0 Å². The smallest absolute Gasteiger partial charge is 0.135 e. The molecule has 0 aliphatic heterocycles. The van der Waals surface area contributed by atoms with Crippen LogP contribution in [0.5, 0.6) is 0 Å². The Morgan fingerprint density at radius 2 is 1.27 bits per heavy atom. The molecule has 1 aliphatic rings. The van der Waals surface area contributed by atoms with E-state index in [9.17, 15) is 0 Å². The molecule has 0 radical (unpaired) electrons. The molecule has 2 nitrogen and oxygen atoms in total. The number of furan rings is 1. The van der Waals surface area contributed by atoms with Crippen molar-refractivity contribution in [2.24, 2.45) is 0 Å². The van der Waals surface area contributed by atoms with Crippen LogP contribution in [0.1, 0.15) is 22.8 Å². The Balaban J connectivity index is 1.20. The van der Waals surface area contributed by atoms with Crippen LogP contribution in [0.15, 0.2) is 180 Å². The Kier molecular flexibility index (Phi) is 7.18. The molecular formula is C48H33NOS. The van der Waals surface area contributed by atoms with Crippen molar-refractivity contribution in [2.75, 3.05) is 4.90 Å². The van der Waals surface area contributed by atoms with E-state index in [0.29, 0.717) is 5.92 Å². The van der Waals surface area contributed by atoms with Gasteiger partial charge in [0, 0.05) is 54.8 Å². The first-order valence-electron chi connectivity index (χ1n) is 17.5. The van der Waals surface area contributed by atoms with Gasteiger partial charge in [-0.1, -0.05) is 140 Å². The van der Waals surface area contributed by atoms with Crippen molar-refractivity contribution >= 4 is 65.6 Å². The van der Waals surface area contributed by atoms with Crippen LogP contribution in [0, 0.1) is 0 Å². The Morgan fingerprint density at radius 3 is 2.10 bits per heavy atom. The van der Waals surface area contributed by atoms with Gasteiger partial charge in [-0.3, -0.25) is 0 Å². The van der Waals surface area contributed by atoms with Gasteiger partial charge < -0.3 is 9.32 Å². The molecule has 1 unspecified atom stereocenters. The third-order valence-corrected chi connectivity index (χ3v) is 11.4. The van der Waals surface area contributed by atoms with Crippen molar-refractivity contribution < 1.29 is 4.42 Å². The number of fused-ring (bicyclic) bond motifs is 6. The van der Waals surface area contributed by atoms with Gasteiger partial charge in [-0.25, -0.2) is 0 Å². The van der Waals surface area contributed by atoms with Crippen LogP contribution in [0.3, 0.4) is 0 Å². The molecule has 0 spiro atoms. The monoisotopic (exact) mass is 671 g/mol. The SMILES string of the molecule is C1=CC(c2ccccc2)Cc2oc3ccc(N(c4cccc(-c5ccccc5)c4)c4ccc(-c5ccccc5)c5sc6ccccc6c45)cc3c21. The molecule has 9 aromatic rings. The fourth-order valence-corrected chi connectivity index (χ4v) is 9.02. The first-order chi connectivity index (χ1) is 25.3. The van der Waals surface area contributed by atoms with Gasteiger partial charge in [0.2, 0.25) is 0 Å². The number of thiophene rings is 1. The highest BCUT2D eigenvalue weighted by Crippen LogP contribution is 2.49. The Morgan fingerprint density at radius 1 is 0.569 bits per heavy atom. The molecule has 0 N–H and O–H groups in total. The van der Waals surface area contributed by atoms with Crippen LogP contribution < -0.4 is 4.90 Å². The summed E-state index contributed by atoms with van der Waals surface area (Å²) in [5.74, 6) is 1.36. The van der Waals surface area contributed by atoms with Gasteiger partial charge in [0.1, 0.15) is 11.3 Å². The summed E-state index contributed by atoms with van der Waals surface area (Å²) in [5, 5.41) is 3.68. The summed E-state index contributed by atoms with van der Waals surface area (Å²) in [5.41, 5.74) is 11.6. The molecule has 51 heavy (non-hydrogen) atoms. The number of hydrogen-bond donors (Lipinski definition) is 0. The van der Waals surface area contributed by atoms with E-state index >= 15 is 0 Å². The molecule has 0 saturated heterocycles. The zero-order chi connectivity index (χ0) is 33.7. The molecule has 2 aromatic heterocycles. The summed E-state index contributed by atoms with van der Waals surface area (Å²) in [6, 6.07) is 61.2. The lowest BCUT2D eigenvalue weighted by Crippen LogP contribution is -2.10. The lowest BCUT2D eigenvalue weighted by atomic mass is 9.88. The summed E-state index contributed by atoms with van der Waals surface area (Å²) >= 11 is 1.88. The summed E-state index contributed by atoms with van der Waals surface area (Å²) in [6.07, 6.45) is 5.46. The minimum absolute atomic E-state index is 0.305. The minimum atomic E-state index is 0.305. The summed E-state index contributed by atoms with van der Waals surface area (Å²) < 4.78 is 9.15. The fraction of sp³-hybridized carbons (Fsp3) is 0.0417. The quantitative estimate of drug-likeness (QED) is 0.175. The van der Waals surface area contributed by atoms with Gasteiger partial charge in [0.15, 0.2) is 0 Å². The zero-order valence-electron chi connectivity index (χ0n) is 27.9. The average molecular weight is 672 g/mol. The van der Waals surface area contributed by atoms with Gasteiger partial charge in [-0.15, -0.1) is 11.3 Å². The molecular weight excluding hydrogens is 639 g/mol. The Bertz CT molecular complexity index is 2720. The molecule has 3 heteroatoms. The van der Waals surface area contributed by atoms with Crippen molar-refractivity contribution in [1.82, 2.24) is 0 Å². The molecule has 10 rings (SSSR count). The molecule has 242 valence electrons. The number of allylic oxidation sites excluding steroid dienone is 1. The maximum absolute atomic E-state index is 6.58. The number of benzene rings is 7. The topological polar surface area (TPSA) is 16.4 Å². The lowest BCUT2D eigenvalue weighted by molar-refractivity contribution is 0.532. The predicted octanol–water partition coefficient (Wildman–Crippen LogP) is 14.0. The summed E-state index contributed by atoms with van der Waals surface area (Å²) in [4.78, 5) is 2.45. The average Bonchev–Trinajstić information content (AvgIpc) is 3.78. The van der Waals surface area contributed by atoms with E-state index in [1.807, 2.05) is 11.3 Å². The van der Waals surface area contributed by atoms with Crippen LogP contribution in [0.2, 0.25) is 0 Å². The third-order valence-electron chi connectivity index (χ3n) is 10.2. The Hall–Kier alpha value is -6.16. The van der Waals surface area contributed by atoms with Crippen molar-refractivity contribution in [1.29, 1.82) is 0 Å². The third kappa shape index (κ3) is 5.17. The number of hydrogen-bond acceptors (Lipinski definition) is 3. The van der Waals surface area contributed by atoms with E-state index < -0.39 is 0 Å².